The van der Waals surface area contributed by atoms with Gasteiger partial charge in [-0.3, -0.25) is 19.8 Å². The number of nitrogens with zero attached hydrogens (tertiary/aromatic N) is 5. The van der Waals surface area contributed by atoms with E-state index in [0.29, 0.717) is 47.3 Å². The number of hydrogen-bond acceptors (Lipinski definition) is 12. The van der Waals surface area contributed by atoms with E-state index in [9.17, 15) is 23.3 Å². The molecule has 65 heavy (non-hydrogen) atoms. The molecule has 2 aromatic carbocycles. The van der Waals surface area contributed by atoms with Crippen molar-refractivity contribution in [3.63, 3.8) is 0 Å². The molecule has 1 spiro atoms. The second kappa shape index (κ2) is 17.3. The summed E-state index contributed by atoms with van der Waals surface area (Å²) in [6.07, 6.45) is 15.5. The number of fused-ring (bicyclic) bond motifs is 1. The molecule has 1 amide bonds. The van der Waals surface area contributed by atoms with Gasteiger partial charge in [0.15, 0.2) is 0 Å². The van der Waals surface area contributed by atoms with Gasteiger partial charge in [0.25, 0.3) is 15.9 Å². The highest BCUT2D eigenvalue weighted by atomic mass is 32.2. The molecule has 0 bridgehead atoms. The normalized spacial score (nSPS) is 21.5. The van der Waals surface area contributed by atoms with Crippen molar-refractivity contribution in [2.24, 2.45) is 16.7 Å². The first kappa shape index (κ1) is 43.3. The van der Waals surface area contributed by atoms with Crippen LogP contribution in [0.5, 0.6) is 11.5 Å². The first-order valence-electron chi connectivity index (χ1n) is 23.3. The summed E-state index contributed by atoms with van der Waals surface area (Å²) in [7, 11) is -4.60. The van der Waals surface area contributed by atoms with Gasteiger partial charge in [-0.2, -0.15) is 0 Å². The van der Waals surface area contributed by atoms with Gasteiger partial charge in [-0.15, -0.1) is 0 Å². The zero-order valence-electron chi connectivity index (χ0n) is 37.2. The number of piperazine rings is 1. The number of sulfonamides is 1. The predicted octanol–water partition coefficient (Wildman–Crippen LogP) is 8.68. The van der Waals surface area contributed by atoms with E-state index in [0.717, 1.165) is 94.6 Å². The lowest BCUT2D eigenvalue weighted by atomic mass is 9.59. The van der Waals surface area contributed by atoms with Crippen LogP contribution in [0, 0.1) is 26.9 Å². The van der Waals surface area contributed by atoms with Crippen LogP contribution in [0.25, 0.3) is 11.0 Å². The van der Waals surface area contributed by atoms with E-state index in [4.69, 9.17) is 4.74 Å². The molecule has 10 rings (SSSR count). The fourth-order valence-corrected chi connectivity index (χ4v) is 11.9. The number of nitrogens with one attached hydrogen (secondary N) is 4. The number of aromatic nitrogens is 3. The van der Waals surface area contributed by atoms with Crippen LogP contribution in [0.1, 0.15) is 112 Å². The third-order valence-corrected chi connectivity index (χ3v) is 16.4. The van der Waals surface area contributed by atoms with Crippen molar-refractivity contribution in [2.75, 3.05) is 49.5 Å². The molecule has 0 radical (unpaired) electrons. The molecule has 5 aliphatic rings. The second-order valence-electron chi connectivity index (χ2n) is 20.0. The largest absolute Gasteiger partial charge is 0.455 e. The average Bonchev–Trinajstić information content (AvgIpc) is 4.04. The van der Waals surface area contributed by atoms with E-state index < -0.39 is 31.4 Å². The van der Waals surface area contributed by atoms with E-state index >= 15 is 0 Å². The summed E-state index contributed by atoms with van der Waals surface area (Å²) in [5.41, 5.74) is 4.65. The van der Waals surface area contributed by atoms with Gasteiger partial charge in [0.1, 0.15) is 22.0 Å². The second-order valence-corrected chi connectivity index (χ2v) is 21.7. The molecule has 3 aromatic heterocycles. The molecule has 2 aliphatic heterocycles. The summed E-state index contributed by atoms with van der Waals surface area (Å²) < 4.78 is 36.0. The third-order valence-electron chi connectivity index (χ3n) is 15.1. The maximum absolute atomic E-state index is 14.0. The zero-order chi connectivity index (χ0) is 44.9. The molecule has 3 aliphatic carbocycles. The Morgan fingerprint density at radius 1 is 0.938 bits per heavy atom. The summed E-state index contributed by atoms with van der Waals surface area (Å²) >= 11 is 0. The number of rotatable bonds is 13. The molecule has 342 valence electrons. The number of H-pyrrole nitrogens is 1. The third kappa shape index (κ3) is 9.17. The first-order chi connectivity index (χ1) is 31.3. The van der Waals surface area contributed by atoms with Gasteiger partial charge >= 0.3 is 5.69 Å². The molecular weight excluding hydrogens is 843 g/mol. The van der Waals surface area contributed by atoms with E-state index in [-0.39, 0.29) is 22.5 Å². The average molecular weight is 902 g/mol. The van der Waals surface area contributed by atoms with Crippen LogP contribution < -0.4 is 25.0 Å². The lowest BCUT2D eigenvalue weighted by Gasteiger charge is -2.57. The quantitative estimate of drug-likeness (QED) is 0.0652. The molecule has 16 heteroatoms. The molecule has 1 atom stereocenters. The summed E-state index contributed by atoms with van der Waals surface area (Å²) in [6, 6.07) is 19.8. The smallest absolute Gasteiger partial charge is 0.312 e. The molecule has 15 nitrogen and oxygen atoms in total. The number of ether oxygens (including phenoxy) is 1. The maximum Gasteiger partial charge on any atom is 0.312 e. The van der Waals surface area contributed by atoms with Gasteiger partial charge in [-0.05, 0) is 122 Å². The summed E-state index contributed by atoms with van der Waals surface area (Å²) in [6.45, 7) is 9.73. The van der Waals surface area contributed by atoms with Crippen molar-refractivity contribution in [1.29, 1.82) is 0 Å². The van der Waals surface area contributed by atoms with Crippen molar-refractivity contribution < 1.29 is 22.9 Å². The molecule has 5 heterocycles. The lowest BCUT2D eigenvalue weighted by Crippen LogP contribution is -2.59. The number of carbonyl (C=O) groups is 1. The minimum Gasteiger partial charge on any atom is -0.455 e. The van der Waals surface area contributed by atoms with Gasteiger partial charge in [0, 0.05) is 80.8 Å². The van der Waals surface area contributed by atoms with Crippen LogP contribution in [0.3, 0.4) is 0 Å². The highest BCUT2D eigenvalue weighted by Crippen LogP contribution is 2.54. The Morgan fingerprint density at radius 3 is 2.46 bits per heavy atom. The first-order valence-corrected chi connectivity index (χ1v) is 24.8. The summed E-state index contributed by atoms with van der Waals surface area (Å²) in [5.74, 6) is 0.610. The standard InChI is InChI=1S/C49H59N9O6S/c1-48(2)14-11-32(12-15-48)28-52-46-42(58(60)61)25-38(30-54-46)65(62,63)55-47(59)41-10-9-35(24-44(41)64-37-23-34-13-18-51-45(34)53-29-37)56-20-16-49(17-21-56)26-36(27-49)57-22-19-50-31-43(57)40-6-4-3-5-39(40)33-7-8-33/h3-6,9-10,13,18,23-25,29-30,32-33,36,43,50H,7-8,11-12,14-17,19-22,26-28,31H2,1-2H3,(H,51,53)(H,52,54)(H,55,59)/t43-/m0/s1. The zero-order valence-corrected chi connectivity index (χ0v) is 38.0. The fourth-order valence-electron chi connectivity index (χ4n) is 10.9. The molecule has 4 N–H and O–H groups in total. The van der Waals surface area contributed by atoms with Crippen molar-refractivity contribution in [1.82, 2.24) is 29.9 Å². The Hall–Kier alpha value is -5.58. The van der Waals surface area contributed by atoms with Crippen LogP contribution in [0.15, 0.2) is 84.1 Å². The Bertz CT molecular complexity index is 2690. The van der Waals surface area contributed by atoms with E-state index in [1.54, 1.807) is 36.2 Å². The van der Waals surface area contributed by atoms with Crippen molar-refractivity contribution >= 4 is 44.2 Å². The highest BCUT2D eigenvalue weighted by molar-refractivity contribution is 7.90. The number of pyridine rings is 2. The molecule has 0 unspecified atom stereocenters. The number of benzene rings is 2. The van der Waals surface area contributed by atoms with Gasteiger partial charge in [-0.25, -0.2) is 23.1 Å². The van der Waals surface area contributed by atoms with Crippen LogP contribution in [0.4, 0.5) is 17.2 Å². The number of anilines is 2. The predicted molar refractivity (Wildman–Crippen MR) is 250 cm³/mol. The fraction of sp³-hybridized carbons (Fsp3) is 0.490. The Balaban J connectivity index is 0.835. The van der Waals surface area contributed by atoms with E-state index in [2.05, 4.69) is 78.2 Å². The number of aromatic amines is 1. The molecular formula is C49H59N9O6S. The summed E-state index contributed by atoms with van der Waals surface area (Å²) in [4.78, 5) is 41.8. The number of nitro groups is 1. The van der Waals surface area contributed by atoms with Crippen LogP contribution in [0.2, 0.25) is 0 Å². The Labute approximate surface area is 380 Å². The lowest BCUT2D eigenvalue weighted by molar-refractivity contribution is -0.384. The highest BCUT2D eigenvalue weighted by Gasteiger charge is 2.50. The molecule has 5 fully saturated rings. The number of hydrogen-bond donors (Lipinski definition) is 4. The van der Waals surface area contributed by atoms with Crippen molar-refractivity contribution in [3.8, 4) is 11.5 Å². The molecule has 3 saturated carbocycles. The minimum absolute atomic E-state index is 0.0105. The number of amides is 1. The van der Waals surface area contributed by atoms with Crippen LogP contribution >= 0.6 is 0 Å². The Morgan fingerprint density at radius 2 is 1.71 bits per heavy atom. The number of carbonyl (C=O) groups excluding carboxylic acids is 1. The van der Waals surface area contributed by atoms with Gasteiger partial charge in [0.2, 0.25) is 5.82 Å². The number of piperidine rings is 1. The minimum atomic E-state index is -4.60. The van der Waals surface area contributed by atoms with Crippen molar-refractivity contribution in [2.45, 2.75) is 101 Å². The summed E-state index contributed by atoms with van der Waals surface area (Å²) in [5, 5.41) is 19.7. The van der Waals surface area contributed by atoms with Gasteiger partial charge < -0.3 is 25.3 Å². The maximum atomic E-state index is 14.0. The van der Waals surface area contributed by atoms with Crippen molar-refractivity contribution in [3.05, 3.63) is 106 Å². The van der Waals surface area contributed by atoms with E-state index in [1.807, 2.05) is 12.1 Å². The molecule has 2 saturated heterocycles. The van der Waals surface area contributed by atoms with Crippen LogP contribution in [-0.4, -0.2) is 84.4 Å². The topological polar surface area (TPSA) is 188 Å². The van der Waals surface area contributed by atoms with Gasteiger partial charge in [0.05, 0.1) is 22.9 Å². The van der Waals surface area contributed by atoms with Gasteiger partial charge in [-0.1, -0.05) is 38.1 Å². The molecule has 5 aromatic rings. The van der Waals surface area contributed by atoms with Crippen LogP contribution in [-0.2, 0) is 10.0 Å². The van der Waals surface area contributed by atoms with E-state index in [1.165, 1.54) is 31.2 Å². The Kier molecular flexibility index (Phi) is 11.6. The monoisotopic (exact) mass is 901 g/mol. The SMILES string of the molecule is CC1(C)CCC(CNc2ncc(S(=O)(=O)NC(=O)c3ccc(N4CCC5(CC4)CC(N4CCNC[C@H]4c4ccccc4C4CC4)C5)cc3Oc3cnc4[nH]ccc4c3)cc2[N+](=O)[O-])CC1.